The summed E-state index contributed by atoms with van der Waals surface area (Å²) in [5.74, 6) is 1.77. The highest BCUT2D eigenvalue weighted by Crippen LogP contribution is 2.45. The predicted octanol–water partition coefficient (Wildman–Crippen LogP) is 2.72. The van der Waals surface area contributed by atoms with Gasteiger partial charge in [-0.25, -0.2) is 0 Å². The van der Waals surface area contributed by atoms with Crippen LogP contribution in [0.3, 0.4) is 0 Å². The van der Waals surface area contributed by atoms with Crippen LogP contribution in [0, 0.1) is 11.8 Å². The van der Waals surface area contributed by atoms with Gasteiger partial charge in [0.2, 0.25) is 0 Å². The van der Waals surface area contributed by atoms with Crippen molar-refractivity contribution in [2.45, 2.75) is 63.5 Å². The zero-order valence-electron chi connectivity index (χ0n) is 10.5. The van der Waals surface area contributed by atoms with Gasteiger partial charge in [-0.15, -0.1) is 0 Å². The molecule has 3 fully saturated rings. The summed E-state index contributed by atoms with van der Waals surface area (Å²) in [4.78, 5) is 0. The van der Waals surface area contributed by atoms with Crippen LogP contribution in [0.1, 0.15) is 51.9 Å². The normalized spacial score (nSPS) is 45.6. The summed E-state index contributed by atoms with van der Waals surface area (Å²) < 4.78 is 6.28. The molecule has 92 valence electrons. The zero-order chi connectivity index (χ0) is 11.0. The molecule has 3 rings (SSSR count). The minimum Gasteiger partial charge on any atom is -0.372 e. The average Bonchev–Trinajstić information content (AvgIpc) is 2.19. The van der Waals surface area contributed by atoms with Crippen LogP contribution < -0.4 is 5.32 Å². The molecule has 3 unspecified atom stereocenters. The van der Waals surface area contributed by atoms with Gasteiger partial charge in [-0.1, -0.05) is 26.2 Å². The molecule has 1 spiro atoms. The fraction of sp³-hybridized carbons (Fsp3) is 1.00. The second-order valence-electron chi connectivity index (χ2n) is 6.24. The lowest BCUT2D eigenvalue weighted by Gasteiger charge is -2.53. The molecule has 3 aliphatic rings. The van der Waals surface area contributed by atoms with E-state index in [2.05, 4.69) is 12.2 Å². The summed E-state index contributed by atoms with van der Waals surface area (Å²) in [7, 11) is 0. The largest absolute Gasteiger partial charge is 0.372 e. The van der Waals surface area contributed by atoms with E-state index >= 15 is 0 Å². The second kappa shape index (κ2) is 4.30. The minimum absolute atomic E-state index is 0.209. The van der Waals surface area contributed by atoms with Gasteiger partial charge >= 0.3 is 0 Å². The molecule has 16 heavy (non-hydrogen) atoms. The van der Waals surface area contributed by atoms with Crippen LogP contribution in [0.25, 0.3) is 0 Å². The van der Waals surface area contributed by atoms with Crippen LogP contribution in [0.5, 0.6) is 0 Å². The molecule has 1 heterocycles. The molecule has 1 N–H and O–H groups in total. The summed E-state index contributed by atoms with van der Waals surface area (Å²) in [6, 6.07) is 0.665. The van der Waals surface area contributed by atoms with Gasteiger partial charge in [-0.05, 0) is 37.5 Å². The highest BCUT2D eigenvalue weighted by atomic mass is 16.5. The van der Waals surface area contributed by atoms with Crippen molar-refractivity contribution in [1.82, 2.24) is 5.32 Å². The van der Waals surface area contributed by atoms with E-state index in [9.17, 15) is 0 Å². The summed E-state index contributed by atoms with van der Waals surface area (Å²) >= 11 is 0. The third-order valence-corrected chi connectivity index (χ3v) is 5.03. The second-order valence-corrected chi connectivity index (χ2v) is 6.24. The van der Waals surface area contributed by atoms with Gasteiger partial charge in [0.15, 0.2) is 0 Å². The number of ether oxygens (including phenoxy) is 1. The number of hydrogen-bond acceptors (Lipinski definition) is 2. The van der Waals surface area contributed by atoms with Gasteiger partial charge in [0, 0.05) is 12.6 Å². The number of rotatable bonds is 1. The van der Waals surface area contributed by atoms with E-state index in [1.807, 2.05) is 0 Å². The SMILES string of the molecule is CC1CCCC2(C1)OCCNC2C1CCC1. The first-order chi connectivity index (χ1) is 7.80. The molecule has 0 bridgehead atoms. The summed E-state index contributed by atoms with van der Waals surface area (Å²) in [5.41, 5.74) is 0.209. The highest BCUT2D eigenvalue weighted by Gasteiger charge is 2.48. The van der Waals surface area contributed by atoms with Crippen molar-refractivity contribution in [2.24, 2.45) is 11.8 Å². The molecule has 0 aromatic carbocycles. The molecule has 0 radical (unpaired) electrons. The molecule has 3 atom stereocenters. The molecule has 1 saturated heterocycles. The van der Waals surface area contributed by atoms with Crippen molar-refractivity contribution >= 4 is 0 Å². The smallest absolute Gasteiger partial charge is 0.0840 e. The minimum atomic E-state index is 0.209. The lowest BCUT2D eigenvalue weighted by Crippen LogP contribution is -2.63. The van der Waals surface area contributed by atoms with E-state index in [0.717, 1.165) is 25.0 Å². The Morgan fingerprint density at radius 3 is 2.75 bits per heavy atom. The number of nitrogens with one attached hydrogen (secondary N) is 1. The molecule has 2 heteroatoms. The van der Waals surface area contributed by atoms with Crippen LogP contribution in [-0.4, -0.2) is 24.8 Å². The Kier molecular flexibility index (Phi) is 2.97. The summed E-state index contributed by atoms with van der Waals surface area (Å²) in [6.07, 6.45) is 9.66. The molecule has 2 nitrogen and oxygen atoms in total. The van der Waals surface area contributed by atoms with Crippen LogP contribution in [-0.2, 0) is 4.74 Å². The maximum Gasteiger partial charge on any atom is 0.0840 e. The Morgan fingerprint density at radius 1 is 1.19 bits per heavy atom. The van der Waals surface area contributed by atoms with Crippen molar-refractivity contribution in [1.29, 1.82) is 0 Å². The monoisotopic (exact) mass is 223 g/mol. The molecule has 0 amide bonds. The molecule has 1 aliphatic heterocycles. The predicted molar refractivity (Wildman–Crippen MR) is 65.4 cm³/mol. The molecular weight excluding hydrogens is 198 g/mol. The topological polar surface area (TPSA) is 21.3 Å². The van der Waals surface area contributed by atoms with E-state index in [-0.39, 0.29) is 5.60 Å². The molecule has 2 aliphatic carbocycles. The maximum atomic E-state index is 6.28. The van der Waals surface area contributed by atoms with Crippen LogP contribution in [0.2, 0.25) is 0 Å². The maximum absolute atomic E-state index is 6.28. The third-order valence-electron chi connectivity index (χ3n) is 5.03. The van der Waals surface area contributed by atoms with Crippen LogP contribution in [0.15, 0.2) is 0 Å². The Bertz CT molecular complexity index is 247. The fourth-order valence-electron chi connectivity index (χ4n) is 4.07. The van der Waals surface area contributed by atoms with E-state index in [1.165, 1.54) is 44.9 Å². The molecular formula is C14H25NO. The lowest BCUT2D eigenvalue weighted by atomic mass is 9.66. The Morgan fingerprint density at radius 2 is 2.06 bits per heavy atom. The third kappa shape index (κ3) is 1.80. The van der Waals surface area contributed by atoms with E-state index in [4.69, 9.17) is 4.74 Å². The Hall–Kier alpha value is -0.0800. The number of morpholine rings is 1. The van der Waals surface area contributed by atoms with Crippen LogP contribution in [0.4, 0.5) is 0 Å². The van der Waals surface area contributed by atoms with Gasteiger partial charge in [-0.2, -0.15) is 0 Å². The van der Waals surface area contributed by atoms with E-state index < -0.39 is 0 Å². The Labute approximate surface area is 99.1 Å². The van der Waals surface area contributed by atoms with Gasteiger partial charge < -0.3 is 10.1 Å². The molecule has 2 saturated carbocycles. The van der Waals surface area contributed by atoms with Crippen LogP contribution >= 0.6 is 0 Å². The van der Waals surface area contributed by atoms with Gasteiger partial charge in [-0.3, -0.25) is 0 Å². The fourth-order valence-corrected chi connectivity index (χ4v) is 4.07. The van der Waals surface area contributed by atoms with E-state index in [0.29, 0.717) is 6.04 Å². The van der Waals surface area contributed by atoms with Crippen molar-refractivity contribution in [3.8, 4) is 0 Å². The molecule has 0 aromatic heterocycles. The zero-order valence-corrected chi connectivity index (χ0v) is 10.5. The van der Waals surface area contributed by atoms with E-state index in [1.54, 1.807) is 0 Å². The highest BCUT2D eigenvalue weighted by molar-refractivity contribution is 5.03. The number of hydrogen-bond donors (Lipinski definition) is 1. The first-order valence-corrected chi connectivity index (χ1v) is 7.17. The standard InChI is InChI=1S/C14H25NO/c1-11-4-3-7-14(10-11)13(12-5-2-6-12)15-8-9-16-14/h11-13,15H,2-10H2,1H3. The average molecular weight is 223 g/mol. The van der Waals surface area contributed by atoms with Gasteiger partial charge in [0.1, 0.15) is 0 Å². The van der Waals surface area contributed by atoms with Crippen molar-refractivity contribution in [2.75, 3.05) is 13.2 Å². The van der Waals surface area contributed by atoms with Crippen molar-refractivity contribution < 1.29 is 4.74 Å². The van der Waals surface area contributed by atoms with Gasteiger partial charge in [0.25, 0.3) is 0 Å². The lowest BCUT2D eigenvalue weighted by molar-refractivity contribution is -0.145. The molecule has 0 aromatic rings. The van der Waals surface area contributed by atoms with Crippen molar-refractivity contribution in [3.05, 3.63) is 0 Å². The first kappa shape index (κ1) is 11.0. The summed E-state index contributed by atoms with van der Waals surface area (Å²) in [6.45, 7) is 4.39. The van der Waals surface area contributed by atoms with Gasteiger partial charge in [0.05, 0.1) is 12.2 Å². The summed E-state index contributed by atoms with van der Waals surface area (Å²) in [5, 5.41) is 3.78. The quantitative estimate of drug-likeness (QED) is 0.738. The Balaban J connectivity index is 1.77. The van der Waals surface area contributed by atoms with Crippen molar-refractivity contribution in [3.63, 3.8) is 0 Å². The first-order valence-electron chi connectivity index (χ1n) is 7.17.